The number of phenolic OH excluding ortho intramolecular Hbond substituents is 1. The van der Waals surface area contributed by atoms with E-state index in [4.69, 9.17) is 5.11 Å². The first-order chi connectivity index (χ1) is 9.85. The van der Waals surface area contributed by atoms with Crippen LogP contribution in [0.5, 0.6) is 5.75 Å². The molecule has 0 heterocycles. The number of aromatic hydroxyl groups is 1. The number of carboxylic acid groups (broad SMARTS) is 1. The quantitative estimate of drug-likeness (QED) is 0.596. The average Bonchev–Trinajstić information content (AvgIpc) is 2.45. The van der Waals surface area contributed by atoms with Crippen LogP contribution in [0.25, 0.3) is 0 Å². The molecule has 114 valence electrons. The lowest BCUT2D eigenvalue weighted by atomic mass is 10.1. The second-order valence-corrected chi connectivity index (χ2v) is 4.31. The average molecular weight is 295 g/mol. The van der Waals surface area contributed by atoms with E-state index in [9.17, 15) is 19.5 Å². The number of hydrogen-bond acceptors (Lipinski definition) is 4. The first-order valence-electron chi connectivity index (χ1n) is 6.14. The fourth-order valence-corrected chi connectivity index (χ4v) is 1.52. The van der Waals surface area contributed by atoms with E-state index in [0.29, 0.717) is 0 Å². The standard InChI is InChI=1S/C13H17N3O5/c1-14-11(18)5-6-16(2)13(21)15-10-4-3-8(17)7-9(10)12(19)20/h3-4,7,17H,5-6H2,1-2H3,(H,14,18)(H,15,21)(H,19,20). The maximum absolute atomic E-state index is 11.9. The number of benzene rings is 1. The largest absolute Gasteiger partial charge is 0.508 e. The molecular weight excluding hydrogens is 278 g/mol. The summed E-state index contributed by atoms with van der Waals surface area (Å²) >= 11 is 0. The normalized spacial score (nSPS) is 9.81. The third-order valence-electron chi connectivity index (χ3n) is 2.77. The Morgan fingerprint density at radius 2 is 1.95 bits per heavy atom. The molecule has 0 radical (unpaired) electrons. The van der Waals surface area contributed by atoms with Crippen molar-refractivity contribution in [3.63, 3.8) is 0 Å². The minimum atomic E-state index is -1.27. The first kappa shape index (κ1) is 16.3. The van der Waals surface area contributed by atoms with Gasteiger partial charge in [-0.3, -0.25) is 4.79 Å². The molecule has 0 saturated heterocycles. The molecule has 4 N–H and O–H groups in total. The van der Waals surface area contributed by atoms with Gasteiger partial charge < -0.3 is 25.7 Å². The number of aromatic carboxylic acids is 1. The molecule has 0 bridgehead atoms. The van der Waals surface area contributed by atoms with Gasteiger partial charge in [-0.15, -0.1) is 0 Å². The van der Waals surface area contributed by atoms with Gasteiger partial charge in [0.1, 0.15) is 5.75 Å². The van der Waals surface area contributed by atoms with Crippen LogP contribution in [0, 0.1) is 0 Å². The van der Waals surface area contributed by atoms with Gasteiger partial charge in [0, 0.05) is 27.1 Å². The van der Waals surface area contributed by atoms with Gasteiger partial charge in [-0.2, -0.15) is 0 Å². The van der Waals surface area contributed by atoms with Gasteiger partial charge in [-0.25, -0.2) is 9.59 Å². The molecule has 21 heavy (non-hydrogen) atoms. The van der Waals surface area contributed by atoms with Gasteiger partial charge in [0.15, 0.2) is 0 Å². The van der Waals surface area contributed by atoms with Crippen LogP contribution in [0.1, 0.15) is 16.8 Å². The molecule has 0 spiro atoms. The number of amides is 3. The van der Waals surface area contributed by atoms with Crippen molar-refractivity contribution in [3.8, 4) is 5.75 Å². The van der Waals surface area contributed by atoms with Crippen LogP contribution in [0.15, 0.2) is 18.2 Å². The SMILES string of the molecule is CNC(=O)CCN(C)C(=O)Nc1ccc(O)cc1C(=O)O. The maximum Gasteiger partial charge on any atom is 0.337 e. The van der Waals surface area contributed by atoms with Crippen molar-refractivity contribution in [1.29, 1.82) is 0 Å². The van der Waals surface area contributed by atoms with Gasteiger partial charge >= 0.3 is 12.0 Å². The van der Waals surface area contributed by atoms with E-state index in [1.807, 2.05) is 0 Å². The van der Waals surface area contributed by atoms with E-state index >= 15 is 0 Å². The molecular formula is C13H17N3O5. The molecule has 0 fully saturated rings. The second-order valence-electron chi connectivity index (χ2n) is 4.31. The molecule has 0 aliphatic heterocycles. The van der Waals surface area contributed by atoms with Gasteiger partial charge in [0.2, 0.25) is 5.91 Å². The Bertz CT molecular complexity index is 559. The number of hydrogen-bond donors (Lipinski definition) is 4. The molecule has 0 aliphatic rings. The Hall–Kier alpha value is -2.77. The minimum absolute atomic E-state index is 0.0668. The highest BCUT2D eigenvalue weighted by Crippen LogP contribution is 2.21. The molecule has 0 atom stereocenters. The highest BCUT2D eigenvalue weighted by molar-refractivity contribution is 6.00. The molecule has 8 heteroatoms. The third-order valence-corrected chi connectivity index (χ3v) is 2.77. The fourth-order valence-electron chi connectivity index (χ4n) is 1.52. The van der Waals surface area contributed by atoms with Crippen LogP contribution < -0.4 is 10.6 Å². The molecule has 8 nitrogen and oxygen atoms in total. The lowest BCUT2D eigenvalue weighted by Crippen LogP contribution is -2.34. The molecule has 1 aromatic carbocycles. The number of nitrogens with zero attached hydrogens (tertiary/aromatic N) is 1. The zero-order valence-corrected chi connectivity index (χ0v) is 11.7. The van der Waals surface area contributed by atoms with E-state index < -0.39 is 12.0 Å². The summed E-state index contributed by atoms with van der Waals surface area (Å²) in [6, 6.07) is 3.06. The Kier molecular flexibility index (Phi) is 5.53. The van der Waals surface area contributed by atoms with Crippen molar-refractivity contribution in [1.82, 2.24) is 10.2 Å². The molecule has 0 aromatic heterocycles. The summed E-state index contributed by atoms with van der Waals surface area (Å²) in [5.74, 6) is -1.68. The molecule has 3 amide bonds. The van der Waals surface area contributed by atoms with Crippen molar-refractivity contribution in [2.75, 3.05) is 26.0 Å². The Balaban J connectivity index is 2.74. The topological polar surface area (TPSA) is 119 Å². The number of nitrogens with one attached hydrogen (secondary N) is 2. The smallest absolute Gasteiger partial charge is 0.337 e. The zero-order valence-electron chi connectivity index (χ0n) is 11.7. The number of carbonyl (C=O) groups is 3. The van der Waals surface area contributed by atoms with Crippen LogP contribution in [-0.2, 0) is 4.79 Å². The Labute approximate surface area is 121 Å². The molecule has 0 aliphatic carbocycles. The van der Waals surface area contributed by atoms with Crippen LogP contribution in [0.4, 0.5) is 10.5 Å². The molecule has 1 rings (SSSR count). The number of anilines is 1. The summed E-state index contributed by atoms with van der Waals surface area (Å²) in [5, 5.41) is 23.2. The number of rotatable bonds is 5. The van der Waals surface area contributed by atoms with Crippen molar-refractivity contribution >= 4 is 23.6 Å². The summed E-state index contributed by atoms with van der Waals surface area (Å²) in [7, 11) is 2.98. The van der Waals surface area contributed by atoms with Crippen LogP contribution >= 0.6 is 0 Å². The summed E-state index contributed by atoms with van der Waals surface area (Å²) in [4.78, 5) is 35.3. The molecule has 0 saturated carbocycles. The summed E-state index contributed by atoms with van der Waals surface area (Å²) < 4.78 is 0. The number of phenols is 1. The number of urea groups is 1. The van der Waals surface area contributed by atoms with Crippen LogP contribution in [-0.4, -0.2) is 53.7 Å². The van der Waals surface area contributed by atoms with E-state index in [-0.39, 0.29) is 35.9 Å². The summed E-state index contributed by atoms with van der Waals surface area (Å²) in [6.45, 7) is 0.187. The third kappa shape index (κ3) is 4.68. The van der Waals surface area contributed by atoms with Gasteiger partial charge in [-0.1, -0.05) is 0 Å². The monoisotopic (exact) mass is 295 g/mol. The van der Waals surface area contributed by atoms with Crippen molar-refractivity contribution in [2.24, 2.45) is 0 Å². The van der Waals surface area contributed by atoms with E-state index in [1.54, 1.807) is 0 Å². The van der Waals surface area contributed by atoms with Crippen molar-refractivity contribution < 1.29 is 24.6 Å². The molecule has 0 unspecified atom stereocenters. The molecule has 1 aromatic rings. The second kappa shape index (κ2) is 7.13. The lowest BCUT2D eigenvalue weighted by molar-refractivity contribution is -0.120. The fraction of sp³-hybridized carbons (Fsp3) is 0.308. The maximum atomic E-state index is 11.9. The van der Waals surface area contributed by atoms with Crippen LogP contribution in [0.2, 0.25) is 0 Å². The van der Waals surface area contributed by atoms with E-state index in [0.717, 1.165) is 6.07 Å². The number of carbonyl (C=O) groups excluding carboxylic acids is 2. The van der Waals surface area contributed by atoms with Gasteiger partial charge in [0.05, 0.1) is 11.3 Å². The highest BCUT2D eigenvalue weighted by atomic mass is 16.4. The minimum Gasteiger partial charge on any atom is -0.508 e. The predicted octanol–water partition coefficient (Wildman–Crippen LogP) is 0.690. The van der Waals surface area contributed by atoms with Gasteiger partial charge in [0.25, 0.3) is 0 Å². The van der Waals surface area contributed by atoms with E-state index in [1.165, 1.54) is 31.1 Å². The first-order valence-corrected chi connectivity index (χ1v) is 6.14. The lowest BCUT2D eigenvalue weighted by Gasteiger charge is -2.18. The van der Waals surface area contributed by atoms with Gasteiger partial charge in [-0.05, 0) is 18.2 Å². The number of carboxylic acids is 1. The van der Waals surface area contributed by atoms with Crippen LogP contribution in [0.3, 0.4) is 0 Å². The Morgan fingerprint density at radius 1 is 1.29 bits per heavy atom. The Morgan fingerprint density at radius 3 is 2.52 bits per heavy atom. The predicted molar refractivity (Wildman–Crippen MR) is 75.4 cm³/mol. The zero-order chi connectivity index (χ0) is 16.0. The van der Waals surface area contributed by atoms with Crippen molar-refractivity contribution in [2.45, 2.75) is 6.42 Å². The summed E-state index contributed by atoms with van der Waals surface area (Å²) in [5.41, 5.74) is -0.153. The summed E-state index contributed by atoms with van der Waals surface area (Å²) in [6.07, 6.45) is 0.141. The van der Waals surface area contributed by atoms with Crippen molar-refractivity contribution in [3.05, 3.63) is 23.8 Å². The van der Waals surface area contributed by atoms with E-state index in [2.05, 4.69) is 10.6 Å². The highest BCUT2D eigenvalue weighted by Gasteiger charge is 2.16.